The van der Waals surface area contributed by atoms with Gasteiger partial charge in [0.15, 0.2) is 0 Å². The van der Waals surface area contributed by atoms with Crippen LogP contribution in [0.2, 0.25) is 10.2 Å². The van der Waals surface area contributed by atoms with E-state index in [1.54, 1.807) is 45.8 Å². The fourth-order valence-corrected chi connectivity index (χ4v) is 2.98. The number of halogens is 2. The fourth-order valence-electron chi connectivity index (χ4n) is 2.59. The second kappa shape index (κ2) is 6.34. The lowest BCUT2D eigenvalue weighted by Crippen LogP contribution is -2.23. The van der Waals surface area contributed by atoms with Crippen molar-refractivity contribution in [3.8, 4) is 22.7 Å². The minimum Gasteiger partial charge on any atom is -0.508 e. The van der Waals surface area contributed by atoms with Crippen LogP contribution >= 0.6 is 23.2 Å². The molecule has 1 N–H and O–H groups in total. The van der Waals surface area contributed by atoms with Crippen molar-refractivity contribution in [2.24, 2.45) is 0 Å². The number of phenols is 1. The molecule has 24 heavy (non-hydrogen) atoms. The van der Waals surface area contributed by atoms with Gasteiger partial charge in [0.1, 0.15) is 15.9 Å². The summed E-state index contributed by atoms with van der Waals surface area (Å²) in [6.07, 6.45) is 1.65. The lowest BCUT2D eigenvalue weighted by molar-refractivity contribution is 0.475. The molecule has 1 aromatic carbocycles. The van der Waals surface area contributed by atoms with Gasteiger partial charge in [0.05, 0.1) is 17.6 Å². The number of aryl methyl sites for hydroxylation is 1. The molecule has 124 valence electrons. The molecule has 0 bridgehead atoms. The van der Waals surface area contributed by atoms with Crippen LogP contribution in [0, 0.1) is 6.92 Å². The van der Waals surface area contributed by atoms with Crippen LogP contribution in [-0.2, 0) is 6.54 Å². The Bertz CT molecular complexity index is 959. The minimum atomic E-state index is -0.286. The van der Waals surface area contributed by atoms with Crippen LogP contribution in [0.3, 0.4) is 0 Å². The van der Waals surface area contributed by atoms with E-state index in [0.29, 0.717) is 23.1 Å². The number of aromatic nitrogens is 3. The van der Waals surface area contributed by atoms with E-state index in [1.165, 1.54) is 0 Å². The summed E-state index contributed by atoms with van der Waals surface area (Å²) in [5.74, 6) is 0.146. The highest BCUT2D eigenvalue weighted by Gasteiger charge is 2.19. The Hall–Kier alpha value is -2.24. The van der Waals surface area contributed by atoms with E-state index >= 15 is 0 Å². The first-order chi connectivity index (χ1) is 11.4. The Kier molecular flexibility index (Phi) is 4.39. The summed E-state index contributed by atoms with van der Waals surface area (Å²) < 4.78 is 3.12. The van der Waals surface area contributed by atoms with Gasteiger partial charge in [0.25, 0.3) is 5.56 Å². The second-order valence-electron chi connectivity index (χ2n) is 5.35. The molecule has 0 aliphatic carbocycles. The van der Waals surface area contributed by atoms with E-state index in [-0.39, 0.29) is 16.3 Å². The predicted molar refractivity (Wildman–Crippen MR) is 95.4 cm³/mol. The molecule has 5 nitrogen and oxygen atoms in total. The van der Waals surface area contributed by atoms with E-state index in [4.69, 9.17) is 23.2 Å². The van der Waals surface area contributed by atoms with Gasteiger partial charge in [0, 0.05) is 17.7 Å². The third kappa shape index (κ3) is 2.70. The maximum absolute atomic E-state index is 12.5. The van der Waals surface area contributed by atoms with Gasteiger partial charge in [-0.2, -0.15) is 5.10 Å². The zero-order valence-electron chi connectivity index (χ0n) is 13.1. The molecular formula is C17H15Cl2N3O2. The molecule has 3 rings (SSSR count). The first-order valence-electron chi connectivity index (χ1n) is 7.37. The van der Waals surface area contributed by atoms with Crippen LogP contribution in [0.1, 0.15) is 12.5 Å². The van der Waals surface area contributed by atoms with Gasteiger partial charge in [-0.25, -0.2) is 4.68 Å². The Morgan fingerprint density at radius 2 is 1.88 bits per heavy atom. The molecule has 0 atom stereocenters. The quantitative estimate of drug-likeness (QED) is 0.763. The average Bonchev–Trinajstić information content (AvgIpc) is 2.90. The summed E-state index contributed by atoms with van der Waals surface area (Å²) in [7, 11) is 0. The molecule has 0 spiro atoms. The monoisotopic (exact) mass is 363 g/mol. The van der Waals surface area contributed by atoms with E-state index in [2.05, 4.69) is 5.10 Å². The van der Waals surface area contributed by atoms with E-state index < -0.39 is 0 Å². The van der Waals surface area contributed by atoms with Gasteiger partial charge in [-0.15, -0.1) is 0 Å². The number of phenolic OH excluding ortho intramolecular Hbond substituents is 1. The van der Waals surface area contributed by atoms with E-state index in [9.17, 15) is 9.90 Å². The second-order valence-corrected chi connectivity index (χ2v) is 6.12. The number of aromatic hydroxyl groups is 1. The molecule has 0 aliphatic heterocycles. The maximum Gasteiger partial charge on any atom is 0.269 e. The molecular weight excluding hydrogens is 349 g/mol. The molecule has 0 radical (unpaired) electrons. The Labute approximate surface area is 148 Å². The van der Waals surface area contributed by atoms with Gasteiger partial charge < -0.3 is 9.67 Å². The number of hydrogen-bond donors (Lipinski definition) is 1. The van der Waals surface area contributed by atoms with Crippen molar-refractivity contribution < 1.29 is 5.11 Å². The van der Waals surface area contributed by atoms with Crippen molar-refractivity contribution >= 4 is 23.2 Å². The average molecular weight is 364 g/mol. The maximum atomic E-state index is 12.5. The number of hydrogen-bond acceptors (Lipinski definition) is 3. The Morgan fingerprint density at radius 3 is 2.42 bits per heavy atom. The smallest absolute Gasteiger partial charge is 0.269 e. The largest absolute Gasteiger partial charge is 0.508 e. The third-order valence-electron chi connectivity index (χ3n) is 3.79. The molecule has 0 aliphatic rings. The highest BCUT2D eigenvalue weighted by Crippen LogP contribution is 2.31. The lowest BCUT2D eigenvalue weighted by atomic mass is 10.1. The van der Waals surface area contributed by atoms with Crippen molar-refractivity contribution in [3.63, 3.8) is 0 Å². The number of benzene rings is 1. The standard InChI is InChI=1S/C17H15Cl2N3O2/c1-3-21-15(11-4-6-12(23)7-5-11)14(8-13(18)17(21)24)22-16(19)10(2)9-20-22/h4-9,23H,3H2,1-2H3. The van der Waals surface area contributed by atoms with Crippen molar-refractivity contribution in [1.82, 2.24) is 14.3 Å². The van der Waals surface area contributed by atoms with E-state index in [1.807, 2.05) is 13.8 Å². The van der Waals surface area contributed by atoms with Crippen LogP contribution in [0.4, 0.5) is 0 Å². The van der Waals surface area contributed by atoms with Crippen molar-refractivity contribution in [2.45, 2.75) is 20.4 Å². The lowest BCUT2D eigenvalue weighted by Gasteiger charge is -2.17. The van der Waals surface area contributed by atoms with Crippen molar-refractivity contribution in [1.29, 1.82) is 0 Å². The third-order valence-corrected chi connectivity index (χ3v) is 4.52. The summed E-state index contributed by atoms with van der Waals surface area (Å²) in [6.45, 7) is 4.14. The number of nitrogens with zero attached hydrogens (tertiary/aromatic N) is 3. The molecule has 0 amide bonds. The highest BCUT2D eigenvalue weighted by molar-refractivity contribution is 6.31. The summed E-state index contributed by atoms with van der Waals surface area (Å²) in [5, 5.41) is 14.4. The van der Waals surface area contributed by atoms with Crippen molar-refractivity contribution in [3.05, 3.63) is 62.6 Å². The first-order valence-corrected chi connectivity index (χ1v) is 8.12. The van der Waals surface area contributed by atoms with Crippen LogP contribution < -0.4 is 5.56 Å². The predicted octanol–water partition coefficient (Wildman–Crippen LogP) is 4.04. The SMILES string of the molecule is CCn1c(-c2ccc(O)cc2)c(-n2ncc(C)c2Cl)cc(Cl)c1=O. The zero-order chi connectivity index (χ0) is 17.4. The molecule has 2 heterocycles. The zero-order valence-corrected chi connectivity index (χ0v) is 14.6. The van der Waals surface area contributed by atoms with Crippen LogP contribution in [0.15, 0.2) is 41.3 Å². The van der Waals surface area contributed by atoms with Gasteiger partial charge in [-0.3, -0.25) is 4.79 Å². The molecule has 0 saturated heterocycles. The Balaban J connectivity index is 2.40. The van der Waals surface area contributed by atoms with Gasteiger partial charge in [-0.05, 0) is 44.2 Å². The Morgan fingerprint density at radius 1 is 1.21 bits per heavy atom. The summed E-state index contributed by atoms with van der Waals surface area (Å²) in [6, 6.07) is 8.16. The van der Waals surface area contributed by atoms with E-state index in [0.717, 1.165) is 11.1 Å². The molecule has 0 fully saturated rings. The first kappa shape index (κ1) is 16.6. The topological polar surface area (TPSA) is 60.1 Å². The van der Waals surface area contributed by atoms with Crippen molar-refractivity contribution in [2.75, 3.05) is 0 Å². The molecule has 0 unspecified atom stereocenters. The fraction of sp³-hybridized carbons (Fsp3) is 0.176. The summed E-state index contributed by atoms with van der Waals surface area (Å²) >= 11 is 12.5. The van der Waals surface area contributed by atoms with Gasteiger partial charge >= 0.3 is 0 Å². The normalized spacial score (nSPS) is 11.0. The van der Waals surface area contributed by atoms with Crippen LogP contribution in [-0.4, -0.2) is 19.5 Å². The molecule has 0 saturated carbocycles. The minimum absolute atomic E-state index is 0.0959. The molecule has 7 heteroatoms. The van der Waals surface area contributed by atoms with Crippen LogP contribution in [0.25, 0.3) is 16.9 Å². The van der Waals surface area contributed by atoms with Crippen LogP contribution in [0.5, 0.6) is 5.75 Å². The van der Waals surface area contributed by atoms with Gasteiger partial charge in [0.2, 0.25) is 0 Å². The van der Waals surface area contributed by atoms with Gasteiger partial charge in [-0.1, -0.05) is 23.2 Å². The molecule has 3 aromatic rings. The summed E-state index contributed by atoms with van der Waals surface area (Å²) in [5.41, 5.74) is 2.52. The highest BCUT2D eigenvalue weighted by atomic mass is 35.5. The number of pyridine rings is 1. The number of rotatable bonds is 3. The summed E-state index contributed by atoms with van der Waals surface area (Å²) in [4.78, 5) is 12.5. The molecule has 2 aromatic heterocycles.